The Morgan fingerprint density at radius 3 is 2.53 bits per heavy atom. The van der Waals surface area contributed by atoms with Crippen molar-refractivity contribution in [2.24, 2.45) is 15.8 Å². The van der Waals surface area contributed by atoms with Crippen LogP contribution in [0, 0.1) is 10.8 Å². The predicted octanol–water partition coefficient (Wildman–Crippen LogP) is 2.89. The van der Waals surface area contributed by atoms with Gasteiger partial charge in [-0.1, -0.05) is 41.5 Å². The van der Waals surface area contributed by atoms with Crippen molar-refractivity contribution in [3.05, 3.63) is 29.3 Å². The van der Waals surface area contributed by atoms with Crippen molar-refractivity contribution < 1.29 is 23.4 Å². The van der Waals surface area contributed by atoms with Crippen LogP contribution in [0.15, 0.2) is 34.3 Å². The van der Waals surface area contributed by atoms with Gasteiger partial charge in [0.1, 0.15) is 29.7 Å². The summed E-state index contributed by atoms with van der Waals surface area (Å²) in [5, 5.41) is 11.6. The number of carbonyl (C=O) groups excluding carboxylic acids is 2. The van der Waals surface area contributed by atoms with Crippen LogP contribution in [0.2, 0.25) is 0 Å². The molecule has 2 aliphatic heterocycles. The highest BCUT2D eigenvalue weighted by Crippen LogP contribution is 2.43. The molecule has 0 radical (unpaired) electrons. The number of fused-ring (bicyclic) bond motifs is 1. The molecule has 198 valence electrons. The minimum Gasteiger partial charge on any atom is -0.444 e. The van der Waals surface area contributed by atoms with Crippen LogP contribution in [0.25, 0.3) is 0 Å². The highest BCUT2D eigenvalue weighted by Gasteiger charge is 2.47. The highest BCUT2D eigenvalue weighted by atomic mass is 32.2. The summed E-state index contributed by atoms with van der Waals surface area (Å²) in [7, 11) is -2.72. The van der Waals surface area contributed by atoms with Crippen LogP contribution in [0.5, 0.6) is 0 Å². The average Bonchev–Trinajstić information content (AvgIpc) is 3.06. The van der Waals surface area contributed by atoms with Crippen molar-refractivity contribution in [2.45, 2.75) is 54.0 Å². The van der Waals surface area contributed by atoms with Crippen LogP contribution in [-0.4, -0.2) is 64.3 Å². The first-order chi connectivity index (χ1) is 16.8. The van der Waals surface area contributed by atoms with E-state index in [2.05, 4.69) is 30.6 Å². The van der Waals surface area contributed by atoms with Crippen molar-refractivity contribution in [1.29, 1.82) is 0 Å². The van der Waals surface area contributed by atoms with E-state index in [0.717, 1.165) is 18.0 Å². The zero-order chi connectivity index (χ0) is 26.8. The molecule has 0 spiro atoms. The molecule has 0 saturated heterocycles. The van der Waals surface area contributed by atoms with Crippen molar-refractivity contribution in [3.63, 3.8) is 0 Å². The normalized spacial score (nSPS) is 21.2. The maximum atomic E-state index is 13.8. The first-order valence-electron chi connectivity index (χ1n) is 11.9. The molecule has 11 heteroatoms. The number of hydrogen-bond donors (Lipinski definition) is 2. The van der Waals surface area contributed by atoms with E-state index in [-0.39, 0.29) is 41.6 Å². The second kappa shape index (κ2) is 11.1. The maximum Gasteiger partial charge on any atom is 0.258 e. The Morgan fingerprint density at radius 2 is 1.97 bits per heavy atom. The van der Waals surface area contributed by atoms with Gasteiger partial charge in [-0.25, -0.2) is 9.20 Å². The van der Waals surface area contributed by atoms with Gasteiger partial charge in [0.15, 0.2) is 14.9 Å². The van der Waals surface area contributed by atoms with Gasteiger partial charge < -0.3 is 24.3 Å². The summed E-state index contributed by atoms with van der Waals surface area (Å²) in [6, 6.07) is 4.99. The van der Waals surface area contributed by atoms with Gasteiger partial charge in [-0.3, -0.25) is 9.59 Å². The monoisotopic (exact) mass is 537 g/mol. The van der Waals surface area contributed by atoms with Gasteiger partial charge in [0.25, 0.3) is 5.91 Å². The number of amides is 1. The van der Waals surface area contributed by atoms with E-state index < -0.39 is 19.3 Å². The zero-order valence-electron chi connectivity index (χ0n) is 22.1. The van der Waals surface area contributed by atoms with Crippen LogP contribution in [-0.2, 0) is 25.1 Å². The summed E-state index contributed by atoms with van der Waals surface area (Å²) in [5.41, 5.74) is 1.64. The SMILES string of the molecule is CS(=O)Nc1ccc2c(c1)P(OCC[OH2+])NC(C1=C(C=O)[C@H](C(C)(C)C)N(CCC(C)(C)C)C1=O)=N2. The number of hydrogen-bond acceptors (Lipinski definition) is 6. The summed E-state index contributed by atoms with van der Waals surface area (Å²) in [6.07, 6.45) is 3.13. The summed E-state index contributed by atoms with van der Waals surface area (Å²) < 4.78 is 20.5. The molecule has 9 nitrogen and oxygen atoms in total. The Morgan fingerprint density at radius 1 is 1.28 bits per heavy atom. The fourth-order valence-corrected chi connectivity index (χ4v) is 6.33. The summed E-state index contributed by atoms with van der Waals surface area (Å²) in [6.45, 7) is 13.3. The molecule has 4 N–H and O–H groups in total. The first kappa shape index (κ1) is 28.4. The van der Waals surface area contributed by atoms with E-state index in [0.29, 0.717) is 29.3 Å². The lowest BCUT2D eigenvalue weighted by Crippen LogP contribution is -2.45. The Bertz CT molecular complexity index is 1110. The average molecular weight is 538 g/mol. The van der Waals surface area contributed by atoms with Crippen LogP contribution in [0.1, 0.15) is 48.0 Å². The minimum atomic E-state index is -1.48. The lowest BCUT2D eigenvalue weighted by atomic mass is 9.81. The van der Waals surface area contributed by atoms with Crippen LogP contribution in [0.4, 0.5) is 11.4 Å². The van der Waals surface area contributed by atoms with E-state index in [1.54, 1.807) is 23.3 Å². The number of nitrogens with zero attached hydrogens (tertiary/aromatic N) is 2. The van der Waals surface area contributed by atoms with Crippen molar-refractivity contribution in [1.82, 2.24) is 9.99 Å². The van der Waals surface area contributed by atoms with Crippen molar-refractivity contribution >= 4 is 54.0 Å². The second-order valence-electron chi connectivity index (χ2n) is 11.2. The third-order valence-electron chi connectivity index (χ3n) is 5.87. The predicted molar refractivity (Wildman–Crippen MR) is 147 cm³/mol. The number of nitrogens with one attached hydrogen (secondary N) is 2. The Kier molecular flexibility index (Phi) is 8.76. The van der Waals surface area contributed by atoms with E-state index in [4.69, 9.17) is 14.6 Å². The molecule has 2 heterocycles. The van der Waals surface area contributed by atoms with Crippen LogP contribution < -0.4 is 15.1 Å². The molecule has 0 aromatic heterocycles. The fraction of sp³-hybridized carbons (Fsp3) is 0.560. The lowest BCUT2D eigenvalue weighted by Gasteiger charge is -2.37. The molecule has 3 atom stereocenters. The van der Waals surface area contributed by atoms with Gasteiger partial charge in [-0.05, 0) is 35.4 Å². The summed E-state index contributed by atoms with van der Waals surface area (Å²) >= 11 is 0. The molecule has 36 heavy (non-hydrogen) atoms. The van der Waals surface area contributed by atoms with Gasteiger partial charge in [-0.15, -0.1) is 0 Å². The van der Waals surface area contributed by atoms with Crippen LogP contribution in [0.3, 0.4) is 0 Å². The summed E-state index contributed by atoms with van der Waals surface area (Å²) in [4.78, 5) is 32.8. The van der Waals surface area contributed by atoms with Crippen LogP contribution >= 0.6 is 8.30 Å². The van der Waals surface area contributed by atoms with Crippen molar-refractivity contribution in [3.8, 4) is 0 Å². The molecule has 0 saturated carbocycles. The molecule has 2 aliphatic rings. The third-order valence-corrected chi connectivity index (χ3v) is 8.05. The number of anilines is 1. The van der Waals surface area contributed by atoms with E-state index in [1.165, 1.54) is 0 Å². The Labute approximate surface area is 217 Å². The number of amidine groups is 1. The molecule has 0 fully saturated rings. The fourth-order valence-electron chi connectivity index (χ4n) is 4.33. The third kappa shape index (κ3) is 6.40. The Hall–Kier alpha value is -2.13. The number of carbonyl (C=O) groups is 2. The molecular weight excluding hydrogens is 499 g/mol. The number of benzene rings is 1. The van der Waals surface area contributed by atoms with E-state index in [1.807, 2.05) is 26.8 Å². The first-order valence-corrected chi connectivity index (χ1v) is 14.8. The Balaban J connectivity index is 2.10. The van der Waals surface area contributed by atoms with Gasteiger partial charge >= 0.3 is 0 Å². The highest BCUT2D eigenvalue weighted by molar-refractivity contribution is 7.85. The second-order valence-corrected chi connectivity index (χ2v) is 13.9. The number of aldehydes is 1. The zero-order valence-corrected chi connectivity index (χ0v) is 23.8. The number of rotatable bonds is 9. The molecular formula is C25H38N4O5PS+. The van der Waals surface area contributed by atoms with Gasteiger partial charge in [0.05, 0.1) is 22.6 Å². The van der Waals surface area contributed by atoms with Gasteiger partial charge in [-0.2, -0.15) is 0 Å². The smallest absolute Gasteiger partial charge is 0.258 e. The molecule has 2 unspecified atom stereocenters. The maximum absolute atomic E-state index is 13.8. The topological polar surface area (TPSA) is 123 Å². The molecule has 0 aliphatic carbocycles. The van der Waals surface area contributed by atoms with E-state index in [9.17, 15) is 13.8 Å². The molecule has 1 amide bonds. The van der Waals surface area contributed by atoms with Gasteiger partial charge in [0.2, 0.25) is 0 Å². The van der Waals surface area contributed by atoms with Gasteiger partial charge in [0, 0.05) is 24.1 Å². The molecule has 3 rings (SSSR count). The molecule has 1 aromatic rings. The molecule has 0 bridgehead atoms. The van der Waals surface area contributed by atoms with E-state index >= 15 is 0 Å². The molecule has 1 aromatic carbocycles. The minimum absolute atomic E-state index is 0.0265. The number of aliphatic imine (C=N–C) groups is 1. The largest absolute Gasteiger partial charge is 0.444 e. The lowest BCUT2D eigenvalue weighted by molar-refractivity contribution is -0.128. The standard InChI is InChI=1S/C25H37N4O5PS/c1-24(2,3)10-11-29-21(25(4,5)6)17(15-31)20(23(29)32)22-26-18-9-8-16(28-36(7)33)14-19(18)35(27-22)34-13-12-30/h8-9,14-15,21,28,30H,10-13H2,1-7H3,(H,26,27)/p+1/t21-,35?,36?/m1/s1. The summed E-state index contributed by atoms with van der Waals surface area (Å²) in [5.74, 6) is 0.101. The van der Waals surface area contributed by atoms with Crippen molar-refractivity contribution in [2.75, 3.05) is 30.7 Å². The quantitative estimate of drug-likeness (QED) is 0.285.